The number of nitrogens with zero attached hydrogens (tertiary/aromatic N) is 3. The van der Waals surface area contributed by atoms with Gasteiger partial charge in [0.15, 0.2) is 5.82 Å². The van der Waals surface area contributed by atoms with Crippen LogP contribution < -0.4 is 16.0 Å². The van der Waals surface area contributed by atoms with Crippen LogP contribution in [0.15, 0.2) is 73.2 Å². The van der Waals surface area contributed by atoms with E-state index in [1.54, 1.807) is 45.6 Å². The summed E-state index contributed by atoms with van der Waals surface area (Å²) in [6.07, 6.45) is 2.24. The fourth-order valence-corrected chi connectivity index (χ4v) is 4.08. The molecule has 1 heterocycles. The molecule has 0 saturated carbocycles. The Kier molecular flexibility index (Phi) is 11.2. The van der Waals surface area contributed by atoms with Crippen molar-refractivity contribution in [3.8, 4) is 0 Å². The van der Waals surface area contributed by atoms with Crippen molar-refractivity contribution in [3.63, 3.8) is 0 Å². The highest BCUT2D eigenvalue weighted by Crippen LogP contribution is 2.22. The molecule has 0 aliphatic carbocycles. The summed E-state index contributed by atoms with van der Waals surface area (Å²) in [5, 5.41) is 7.93. The lowest BCUT2D eigenvalue weighted by Crippen LogP contribution is -2.59. The molecule has 3 N–H and O–H groups in total. The molecule has 12 nitrogen and oxygen atoms in total. The van der Waals surface area contributed by atoms with Crippen LogP contribution in [-0.2, 0) is 30.5 Å². The van der Waals surface area contributed by atoms with Gasteiger partial charge in [-0.25, -0.2) is 9.78 Å². The maximum atomic E-state index is 13.5. The third-order valence-electron chi connectivity index (χ3n) is 6.34. The summed E-state index contributed by atoms with van der Waals surface area (Å²) < 4.78 is 12.7. The zero-order valence-electron chi connectivity index (χ0n) is 26.3. The number of carbonyl (C=O) groups is 4. The highest BCUT2D eigenvalue weighted by Gasteiger charge is 2.35. The van der Waals surface area contributed by atoms with Crippen LogP contribution in [0.1, 0.15) is 51.8 Å². The Morgan fingerprint density at radius 1 is 0.932 bits per heavy atom. The van der Waals surface area contributed by atoms with E-state index in [9.17, 15) is 19.2 Å². The molecule has 2 atom stereocenters. The van der Waals surface area contributed by atoms with Crippen molar-refractivity contribution in [2.24, 2.45) is 0 Å². The van der Waals surface area contributed by atoms with Crippen molar-refractivity contribution >= 4 is 29.6 Å². The van der Waals surface area contributed by atoms with Gasteiger partial charge >= 0.3 is 6.09 Å². The van der Waals surface area contributed by atoms with Gasteiger partial charge in [-0.05, 0) is 45.7 Å². The number of rotatable bonds is 12. The van der Waals surface area contributed by atoms with Crippen LogP contribution in [0.4, 0.5) is 10.6 Å². The SMILES string of the molecule is CN(C)C(=O)C(c1ccccc1)n1cnc(NC(=O)C(COCc2ccccc2)NC(=O)C(C)(C)NC(=O)OC(C)(C)C)c1. The first-order chi connectivity index (χ1) is 20.7. The van der Waals surface area contributed by atoms with Gasteiger partial charge in [-0.1, -0.05) is 60.7 Å². The van der Waals surface area contributed by atoms with E-state index in [2.05, 4.69) is 20.9 Å². The van der Waals surface area contributed by atoms with Crippen LogP contribution in [0.2, 0.25) is 0 Å². The van der Waals surface area contributed by atoms with Crippen LogP contribution in [0.3, 0.4) is 0 Å². The number of anilines is 1. The zero-order chi connectivity index (χ0) is 32.5. The third-order valence-corrected chi connectivity index (χ3v) is 6.34. The molecule has 2 unspecified atom stereocenters. The van der Waals surface area contributed by atoms with Gasteiger partial charge in [0.1, 0.15) is 23.2 Å². The quantitative estimate of drug-likeness (QED) is 0.286. The minimum Gasteiger partial charge on any atom is -0.444 e. The molecule has 0 aliphatic rings. The normalized spacial score (nSPS) is 12.9. The van der Waals surface area contributed by atoms with Gasteiger partial charge in [0.05, 0.1) is 19.5 Å². The summed E-state index contributed by atoms with van der Waals surface area (Å²) in [4.78, 5) is 58.0. The molecule has 2 aromatic carbocycles. The van der Waals surface area contributed by atoms with Crippen LogP contribution in [0, 0.1) is 0 Å². The molecule has 3 rings (SSSR count). The van der Waals surface area contributed by atoms with E-state index in [0.717, 1.165) is 11.1 Å². The van der Waals surface area contributed by atoms with Crippen LogP contribution in [0.25, 0.3) is 0 Å². The first-order valence-electron chi connectivity index (χ1n) is 14.2. The summed E-state index contributed by atoms with van der Waals surface area (Å²) in [5.74, 6) is -1.22. The van der Waals surface area contributed by atoms with E-state index >= 15 is 0 Å². The van der Waals surface area contributed by atoms with E-state index in [1.807, 2.05) is 60.7 Å². The Morgan fingerprint density at radius 3 is 2.14 bits per heavy atom. The minimum atomic E-state index is -1.42. The molecule has 0 bridgehead atoms. The number of carbonyl (C=O) groups excluding carboxylic acids is 4. The monoisotopic (exact) mass is 606 g/mol. The van der Waals surface area contributed by atoms with Crippen molar-refractivity contribution in [2.45, 2.75) is 64.4 Å². The minimum absolute atomic E-state index is 0.165. The van der Waals surface area contributed by atoms with Crippen molar-refractivity contribution in [3.05, 3.63) is 84.3 Å². The van der Waals surface area contributed by atoms with Crippen LogP contribution >= 0.6 is 0 Å². The summed E-state index contributed by atoms with van der Waals surface area (Å²) in [5.41, 5.74) is -0.538. The van der Waals surface area contributed by atoms with Gasteiger partial charge in [-0.3, -0.25) is 14.4 Å². The number of hydrogen-bond acceptors (Lipinski definition) is 7. The highest BCUT2D eigenvalue weighted by atomic mass is 16.6. The van der Waals surface area contributed by atoms with Crippen molar-refractivity contribution in [2.75, 3.05) is 26.0 Å². The third kappa shape index (κ3) is 9.94. The van der Waals surface area contributed by atoms with Crippen molar-refractivity contribution in [1.82, 2.24) is 25.1 Å². The van der Waals surface area contributed by atoms with Crippen LogP contribution in [-0.4, -0.2) is 76.1 Å². The van der Waals surface area contributed by atoms with Gasteiger partial charge in [0.25, 0.3) is 5.91 Å². The summed E-state index contributed by atoms with van der Waals surface area (Å²) in [7, 11) is 3.33. The predicted molar refractivity (Wildman–Crippen MR) is 166 cm³/mol. The average Bonchev–Trinajstić information content (AvgIpc) is 3.39. The number of imidazole rings is 1. The van der Waals surface area contributed by atoms with E-state index in [-0.39, 0.29) is 24.9 Å². The molecule has 3 aromatic rings. The lowest BCUT2D eigenvalue weighted by molar-refractivity contribution is -0.131. The Bertz CT molecular complexity index is 1420. The molecule has 236 valence electrons. The number of hydrogen-bond donors (Lipinski definition) is 3. The van der Waals surface area contributed by atoms with Gasteiger partial charge in [0.2, 0.25) is 11.8 Å². The summed E-state index contributed by atoms with van der Waals surface area (Å²) in [6, 6.07) is 16.8. The van der Waals surface area contributed by atoms with Crippen molar-refractivity contribution < 1.29 is 28.7 Å². The number of alkyl carbamates (subject to hydrolysis) is 1. The molecule has 4 amide bonds. The smallest absolute Gasteiger partial charge is 0.408 e. The Labute approximate surface area is 258 Å². The molecule has 0 fully saturated rings. The van der Waals surface area contributed by atoms with E-state index < -0.39 is 41.1 Å². The molecular weight excluding hydrogens is 564 g/mol. The molecule has 12 heteroatoms. The maximum Gasteiger partial charge on any atom is 0.408 e. The standard InChI is InChI=1S/C32H42N6O6/c1-31(2,3)44-30(42)36-32(4,5)29(41)34-24(20-43-19-22-14-10-8-11-15-22)27(39)35-25-18-38(21-33-25)26(28(40)37(6)7)23-16-12-9-13-17-23/h8-18,21,24,26H,19-20H2,1-7H3,(H,34,41)(H,35,39)(H,36,42). The second-order valence-electron chi connectivity index (χ2n) is 12.0. The molecule has 0 aliphatic heterocycles. The number of nitrogens with one attached hydrogen (secondary N) is 3. The number of aromatic nitrogens is 2. The maximum absolute atomic E-state index is 13.5. The van der Waals surface area contributed by atoms with Crippen LogP contribution in [0.5, 0.6) is 0 Å². The average molecular weight is 607 g/mol. The lowest BCUT2D eigenvalue weighted by atomic mass is 10.0. The Hall–Kier alpha value is -4.71. The molecule has 0 spiro atoms. The lowest BCUT2D eigenvalue weighted by Gasteiger charge is -2.29. The predicted octanol–water partition coefficient (Wildman–Crippen LogP) is 3.50. The topological polar surface area (TPSA) is 144 Å². The molecule has 1 aromatic heterocycles. The number of likely N-dealkylation sites (N-methyl/N-ethyl adjacent to an activating group) is 1. The first kappa shape index (κ1) is 33.8. The highest BCUT2D eigenvalue weighted by molar-refractivity contribution is 5.98. The van der Waals surface area contributed by atoms with E-state index in [1.165, 1.54) is 25.1 Å². The summed E-state index contributed by atoms with van der Waals surface area (Å²) in [6.45, 7) is 8.18. The zero-order valence-corrected chi connectivity index (χ0v) is 26.3. The van der Waals surface area contributed by atoms with Gasteiger partial charge < -0.3 is 34.9 Å². The van der Waals surface area contributed by atoms with E-state index in [4.69, 9.17) is 9.47 Å². The molecule has 0 radical (unpaired) electrons. The number of ether oxygens (including phenoxy) is 2. The van der Waals surface area contributed by atoms with E-state index in [0.29, 0.717) is 0 Å². The Balaban J connectivity index is 1.78. The summed E-state index contributed by atoms with van der Waals surface area (Å²) >= 11 is 0. The molecule has 0 saturated heterocycles. The van der Waals surface area contributed by atoms with Crippen molar-refractivity contribution in [1.29, 1.82) is 0 Å². The van der Waals surface area contributed by atoms with Gasteiger partial charge in [-0.15, -0.1) is 0 Å². The Morgan fingerprint density at radius 2 is 1.55 bits per heavy atom. The first-order valence-corrected chi connectivity index (χ1v) is 14.2. The van der Waals surface area contributed by atoms with Gasteiger partial charge in [-0.2, -0.15) is 0 Å². The number of amides is 4. The molecular formula is C32H42N6O6. The van der Waals surface area contributed by atoms with Gasteiger partial charge in [0, 0.05) is 20.3 Å². The fraction of sp³-hybridized carbons (Fsp3) is 0.406. The second kappa shape index (κ2) is 14.6. The second-order valence-corrected chi connectivity index (χ2v) is 12.0. The fourth-order valence-electron chi connectivity index (χ4n) is 4.08. The largest absolute Gasteiger partial charge is 0.444 e. The number of benzene rings is 2. The molecule has 44 heavy (non-hydrogen) atoms.